The summed E-state index contributed by atoms with van der Waals surface area (Å²) in [5, 5.41) is 13.4. The zero-order chi connectivity index (χ0) is 23.1. The first kappa shape index (κ1) is 24.5. The number of hydrazine groups is 1. The lowest BCUT2D eigenvalue weighted by atomic mass is 9.81. The highest BCUT2D eigenvalue weighted by Crippen LogP contribution is 2.34. The summed E-state index contributed by atoms with van der Waals surface area (Å²) in [4.78, 5) is 13.3. The van der Waals surface area contributed by atoms with Crippen LogP contribution in [0.5, 0.6) is 0 Å². The minimum absolute atomic E-state index is 0.106. The molecule has 0 heterocycles. The van der Waals surface area contributed by atoms with Crippen LogP contribution in [0.25, 0.3) is 0 Å². The van der Waals surface area contributed by atoms with E-state index in [-0.39, 0.29) is 11.9 Å². The molecule has 1 aliphatic carbocycles. The third kappa shape index (κ3) is 6.20. The average Bonchev–Trinajstić information content (AvgIpc) is 2.80. The molecule has 2 aromatic carbocycles. The Morgan fingerprint density at radius 2 is 1.66 bits per heavy atom. The predicted octanol–water partition coefficient (Wildman–Crippen LogP) is 6.25. The molecule has 4 heteroatoms. The maximum absolute atomic E-state index is 13.3. The van der Waals surface area contributed by atoms with Crippen molar-refractivity contribution < 1.29 is 9.90 Å². The molecule has 1 saturated carbocycles. The van der Waals surface area contributed by atoms with Crippen LogP contribution in [-0.2, 0) is 6.42 Å². The molecular formula is C28H40N2O2. The standard InChI is InChI=1S/C28H40N2O2/c1-5-10-26(23-11-8-7-9-12-23)30(28(32)25-18-20(3)17-21(4)19-25)29-27(31)24-15-13-22(6-2)14-16-24/h13-19,23,26,28,32H,5-12H2,1-4H3,(H,29,31)/t26-,28?/m1/s1. The lowest BCUT2D eigenvalue weighted by Gasteiger charge is -2.41. The molecule has 32 heavy (non-hydrogen) atoms. The predicted molar refractivity (Wildman–Crippen MR) is 131 cm³/mol. The van der Waals surface area contributed by atoms with E-state index < -0.39 is 6.23 Å². The summed E-state index contributed by atoms with van der Waals surface area (Å²) in [7, 11) is 0. The van der Waals surface area contributed by atoms with Gasteiger partial charge < -0.3 is 5.11 Å². The SMILES string of the molecule is CCC[C@H](C1CCCCC1)N(NC(=O)c1ccc(CC)cc1)C(O)c1cc(C)cc(C)c1. The Morgan fingerprint density at radius 1 is 1.03 bits per heavy atom. The summed E-state index contributed by atoms with van der Waals surface area (Å²) in [6.45, 7) is 8.39. The Bertz CT molecular complexity index is 851. The molecular weight excluding hydrogens is 396 g/mol. The first-order valence-corrected chi connectivity index (χ1v) is 12.4. The fourth-order valence-electron chi connectivity index (χ4n) is 5.14. The smallest absolute Gasteiger partial charge is 0.265 e. The lowest BCUT2D eigenvalue weighted by molar-refractivity contribution is -0.0784. The Balaban J connectivity index is 1.93. The second-order valence-corrected chi connectivity index (χ2v) is 9.45. The monoisotopic (exact) mass is 436 g/mol. The van der Waals surface area contributed by atoms with E-state index in [4.69, 9.17) is 0 Å². The van der Waals surface area contributed by atoms with Gasteiger partial charge in [-0.3, -0.25) is 10.2 Å². The van der Waals surface area contributed by atoms with Gasteiger partial charge in [-0.25, -0.2) is 0 Å². The zero-order valence-electron chi connectivity index (χ0n) is 20.2. The van der Waals surface area contributed by atoms with Gasteiger partial charge in [-0.05, 0) is 68.7 Å². The lowest BCUT2D eigenvalue weighted by Crippen LogP contribution is -2.53. The van der Waals surface area contributed by atoms with Gasteiger partial charge in [0.15, 0.2) is 0 Å². The Morgan fingerprint density at radius 3 is 2.22 bits per heavy atom. The third-order valence-corrected chi connectivity index (χ3v) is 6.80. The Labute approximate surface area is 194 Å². The molecule has 3 rings (SSSR count). The summed E-state index contributed by atoms with van der Waals surface area (Å²) in [6, 6.07) is 14.0. The fourth-order valence-corrected chi connectivity index (χ4v) is 5.14. The number of nitrogens with zero attached hydrogens (tertiary/aromatic N) is 1. The maximum Gasteiger partial charge on any atom is 0.265 e. The number of aliphatic hydroxyl groups excluding tert-OH is 1. The van der Waals surface area contributed by atoms with Gasteiger partial charge in [-0.15, -0.1) is 0 Å². The number of nitrogens with one attached hydrogen (secondary N) is 1. The fraction of sp³-hybridized carbons (Fsp3) is 0.536. The average molecular weight is 437 g/mol. The van der Waals surface area contributed by atoms with Crippen molar-refractivity contribution in [2.24, 2.45) is 5.92 Å². The van der Waals surface area contributed by atoms with Crippen molar-refractivity contribution in [3.05, 3.63) is 70.3 Å². The van der Waals surface area contributed by atoms with Gasteiger partial charge in [-0.1, -0.05) is 81.0 Å². The van der Waals surface area contributed by atoms with E-state index in [0.717, 1.165) is 48.8 Å². The van der Waals surface area contributed by atoms with Gasteiger partial charge in [-0.2, -0.15) is 5.01 Å². The highest BCUT2D eigenvalue weighted by atomic mass is 16.3. The van der Waals surface area contributed by atoms with Crippen molar-refractivity contribution in [2.75, 3.05) is 0 Å². The number of aliphatic hydroxyl groups is 1. The topological polar surface area (TPSA) is 52.6 Å². The number of rotatable bonds is 9. The maximum atomic E-state index is 13.3. The number of benzene rings is 2. The van der Waals surface area contributed by atoms with E-state index in [1.165, 1.54) is 24.8 Å². The first-order chi connectivity index (χ1) is 15.4. The molecule has 2 aromatic rings. The second-order valence-electron chi connectivity index (χ2n) is 9.45. The number of hydrogen-bond donors (Lipinski definition) is 2. The van der Waals surface area contributed by atoms with Crippen LogP contribution in [0, 0.1) is 19.8 Å². The molecule has 1 amide bonds. The normalized spacial score (nSPS) is 16.7. The Hall–Kier alpha value is -2.17. The van der Waals surface area contributed by atoms with E-state index in [1.807, 2.05) is 55.3 Å². The first-order valence-electron chi connectivity index (χ1n) is 12.4. The largest absolute Gasteiger partial charge is 0.372 e. The molecule has 0 radical (unpaired) electrons. The minimum atomic E-state index is -0.883. The van der Waals surface area contributed by atoms with Gasteiger partial charge in [0.2, 0.25) is 0 Å². The number of carbonyl (C=O) groups is 1. The van der Waals surface area contributed by atoms with Crippen molar-refractivity contribution in [3.63, 3.8) is 0 Å². The van der Waals surface area contributed by atoms with Crippen molar-refractivity contribution in [3.8, 4) is 0 Å². The van der Waals surface area contributed by atoms with Crippen molar-refractivity contribution in [1.82, 2.24) is 10.4 Å². The van der Waals surface area contributed by atoms with Crippen LogP contribution in [0.4, 0.5) is 0 Å². The number of amides is 1. The van der Waals surface area contributed by atoms with Crippen LogP contribution in [0.2, 0.25) is 0 Å². The Kier molecular flexibility index (Phi) is 8.89. The molecule has 2 atom stereocenters. The number of carbonyl (C=O) groups excluding carboxylic acids is 1. The van der Waals surface area contributed by atoms with Crippen LogP contribution < -0.4 is 5.43 Å². The second kappa shape index (κ2) is 11.6. The summed E-state index contributed by atoms with van der Waals surface area (Å²) in [5.41, 5.74) is 8.03. The van der Waals surface area contributed by atoms with Crippen LogP contribution >= 0.6 is 0 Å². The van der Waals surface area contributed by atoms with Gasteiger partial charge in [0.1, 0.15) is 6.23 Å². The summed E-state index contributed by atoms with van der Waals surface area (Å²) >= 11 is 0. The molecule has 0 aliphatic heterocycles. The van der Waals surface area contributed by atoms with E-state index in [0.29, 0.717) is 11.5 Å². The summed E-state index contributed by atoms with van der Waals surface area (Å²) in [6.07, 6.45) is 8.06. The van der Waals surface area contributed by atoms with Crippen LogP contribution in [0.1, 0.15) is 97.6 Å². The van der Waals surface area contributed by atoms with Gasteiger partial charge in [0.05, 0.1) is 0 Å². The molecule has 4 nitrogen and oxygen atoms in total. The molecule has 174 valence electrons. The van der Waals surface area contributed by atoms with E-state index in [2.05, 4.69) is 25.3 Å². The van der Waals surface area contributed by atoms with Crippen molar-refractivity contribution in [2.45, 2.75) is 91.3 Å². The van der Waals surface area contributed by atoms with Crippen LogP contribution in [0.15, 0.2) is 42.5 Å². The van der Waals surface area contributed by atoms with E-state index in [9.17, 15) is 9.90 Å². The van der Waals surface area contributed by atoms with Crippen molar-refractivity contribution >= 4 is 5.91 Å². The molecule has 2 N–H and O–H groups in total. The van der Waals surface area contributed by atoms with Gasteiger partial charge in [0.25, 0.3) is 5.91 Å². The zero-order valence-corrected chi connectivity index (χ0v) is 20.2. The van der Waals surface area contributed by atoms with Crippen LogP contribution in [-0.4, -0.2) is 22.1 Å². The van der Waals surface area contributed by atoms with E-state index in [1.54, 1.807) is 0 Å². The molecule has 0 spiro atoms. The molecule has 0 saturated heterocycles. The van der Waals surface area contributed by atoms with E-state index >= 15 is 0 Å². The third-order valence-electron chi connectivity index (χ3n) is 6.80. The van der Waals surface area contributed by atoms with Crippen LogP contribution in [0.3, 0.4) is 0 Å². The molecule has 0 aromatic heterocycles. The highest BCUT2D eigenvalue weighted by molar-refractivity contribution is 5.93. The summed E-state index contributed by atoms with van der Waals surface area (Å²) in [5.74, 6) is 0.319. The quantitative estimate of drug-likeness (QED) is 0.361. The number of hydrogen-bond acceptors (Lipinski definition) is 3. The molecule has 1 fully saturated rings. The van der Waals surface area contributed by atoms with Crippen molar-refractivity contribution in [1.29, 1.82) is 0 Å². The highest BCUT2D eigenvalue weighted by Gasteiger charge is 2.34. The molecule has 0 bridgehead atoms. The number of aryl methyl sites for hydroxylation is 3. The molecule has 1 aliphatic rings. The summed E-state index contributed by atoms with van der Waals surface area (Å²) < 4.78 is 0. The van der Waals surface area contributed by atoms with Gasteiger partial charge >= 0.3 is 0 Å². The van der Waals surface area contributed by atoms with Gasteiger partial charge in [0, 0.05) is 11.6 Å². The minimum Gasteiger partial charge on any atom is -0.372 e. The molecule has 1 unspecified atom stereocenters.